The van der Waals surface area contributed by atoms with Crippen molar-refractivity contribution in [3.05, 3.63) is 71.4 Å². The van der Waals surface area contributed by atoms with Crippen LogP contribution in [0.25, 0.3) is 11.1 Å². The summed E-state index contributed by atoms with van der Waals surface area (Å²) in [7, 11) is 3.56. The Labute approximate surface area is 190 Å². The van der Waals surface area contributed by atoms with Gasteiger partial charge in [0.25, 0.3) is 0 Å². The number of amides is 1. The van der Waals surface area contributed by atoms with Crippen LogP contribution in [0.3, 0.4) is 0 Å². The lowest BCUT2D eigenvalue weighted by Gasteiger charge is -2.41. The molecule has 3 aromatic rings. The first kappa shape index (κ1) is 22.1. The van der Waals surface area contributed by atoms with E-state index in [1.807, 2.05) is 32.2 Å². The average Bonchev–Trinajstić information content (AvgIpc) is 3.07. The molecule has 1 aromatic heterocycles. The molecule has 2 aromatic carbocycles. The highest BCUT2D eigenvalue weighted by Gasteiger charge is 2.41. The van der Waals surface area contributed by atoms with E-state index in [0.29, 0.717) is 19.5 Å². The van der Waals surface area contributed by atoms with Gasteiger partial charge < -0.3 is 10.5 Å². The van der Waals surface area contributed by atoms with Crippen molar-refractivity contribution in [2.45, 2.75) is 32.7 Å². The van der Waals surface area contributed by atoms with Crippen LogP contribution in [0.5, 0.6) is 5.88 Å². The Balaban J connectivity index is 1.53. The summed E-state index contributed by atoms with van der Waals surface area (Å²) < 4.78 is 7.33. The molecule has 1 saturated heterocycles. The number of carbonyl (C=O) groups excluding carboxylic acids is 1. The Hall–Kier alpha value is -3.12. The van der Waals surface area contributed by atoms with Gasteiger partial charge in [0, 0.05) is 20.1 Å². The van der Waals surface area contributed by atoms with Crippen LogP contribution >= 0.6 is 0 Å². The van der Waals surface area contributed by atoms with Crippen molar-refractivity contribution in [1.82, 2.24) is 14.7 Å². The molecule has 0 spiro atoms. The molecule has 1 fully saturated rings. The number of carbonyl (C=O) groups is 1. The Morgan fingerprint density at radius 1 is 1.12 bits per heavy atom. The molecule has 6 heteroatoms. The SMILES string of the molecule is COc1c(CN2CCC[C@](Cc3ccc(-c4ccccc4)cc3)(C(N)=O)C2)c(C)nn1C. The molecule has 1 aliphatic rings. The van der Waals surface area contributed by atoms with Crippen molar-refractivity contribution in [2.24, 2.45) is 18.2 Å². The molecule has 1 amide bonds. The van der Waals surface area contributed by atoms with Crippen LogP contribution in [0.2, 0.25) is 0 Å². The fourth-order valence-corrected chi connectivity index (χ4v) is 4.97. The zero-order valence-corrected chi connectivity index (χ0v) is 19.2. The minimum atomic E-state index is -0.574. The number of aryl methyl sites for hydroxylation is 2. The summed E-state index contributed by atoms with van der Waals surface area (Å²) in [5.41, 5.74) is 11.0. The number of piperidine rings is 1. The standard InChI is InChI=1S/C26H32N4O2/c1-19-23(24(32-3)29(2)28-19)17-30-15-7-14-26(18-30,25(27)31)16-20-10-12-22(13-11-20)21-8-5-4-6-9-21/h4-6,8-13H,7,14-18H2,1-3H3,(H2,27,31)/t26-/m1/s1. The van der Waals surface area contributed by atoms with Gasteiger partial charge in [-0.15, -0.1) is 0 Å². The van der Waals surface area contributed by atoms with E-state index in [9.17, 15) is 4.79 Å². The van der Waals surface area contributed by atoms with Crippen LogP contribution in [0.1, 0.15) is 29.7 Å². The molecule has 0 bridgehead atoms. The van der Waals surface area contributed by atoms with E-state index in [-0.39, 0.29) is 5.91 Å². The van der Waals surface area contributed by atoms with Gasteiger partial charge in [-0.25, -0.2) is 4.68 Å². The van der Waals surface area contributed by atoms with E-state index >= 15 is 0 Å². The van der Waals surface area contributed by atoms with Crippen molar-refractivity contribution in [1.29, 1.82) is 0 Å². The Morgan fingerprint density at radius 3 is 2.47 bits per heavy atom. The molecule has 32 heavy (non-hydrogen) atoms. The maximum atomic E-state index is 12.7. The molecule has 4 rings (SSSR count). The number of methoxy groups -OCH3 is 1. The van der Waals surface area contributed by atoms with Crippen LogP contribution in [0.15, 0.2) is 54.6 Å². The van der Waals surface area contributed by atoms with E-state index in [1.54, 1.807) is 11.8 Å². The molecule has 6 nitrogen and oxygen atoms in total. The van der Waals surface area contributed by atoms with E-state index in [0.717, 1.165) is 42.1 Å². The van der Waals surface area contributed by atoms with Gasteiger partial charge in [-0.05, 0) is 49.4 Å². The molecule has 0 saturated carbocycles. The van der Waals surface area contributed by atoms with E-state index in [1.165, 1.54) is 11.1 Å². The fourth-order valence-electron chi connectivity index (χ4n) is 4.97. The number of nitrogens with zero attached hydrogens (tertiary/aromatic N) is 3. The quantitative estimate of drug-likeness (QED) is 0.618. The van der Waals surface area contributed by atoms with Crippen LogP contribution in [-0.4, -0.2) is 40.8 Å². The van der Waals surface area contributed by atoms with Gasteiger partial charge in [0.1, 0.15) is 0 Å². The van der Waals surface area contributed by atoms with Crippen molar-refractivity contribution in [3.8, 4) is 17.0 Å². The summed E-state index contributed by atoms with van der Waals surface area (Å²) in [5, 5.41) is 4.49. The number of aromatic nitrogens is 2. The minimum Gasteiger partial charge on any atom is -0.481 e. The van der Waals surface area contributed by atoms with Crippen molar-refractivity contribution in [3.63, 3.8) is 0 Å². The fraction of sp³-hybridized carbons (Fsp3) is 0.385. The minimum absolute atomic E-state index is 0.218. The number of primary amides is 1. The predicted molar refractivity (Wildman–Crippen MR) is 126 cm³/mol. The van der Waals surface area contributed by atoms with Crippen molar-refractivity contribution in [2.75, 3.05) is 20.2 Å². The van der Waals surface area contributed by atoms with Crippen LogP contribution in [-0.2, 0) is 24.8 Å². The summed E-state index contributed by atoms with van der Waals surface area (Å²) in [6, 6.07) is 18.8. The van der Waals surface area contributed by atoms with Gasteiger partial charge in [-0.3, -0.25) is 9.69 Å². The number of benzene rings is 2. The molecule has 0 radical (unpaired) electrons. The Morgan fingerprint density at radius 2 is 1.81 bits per heavy atom. The second-order valence-electron chi connectivity index (χ2n) is 8.90. The summed E-state index contributed by atoms with van der Waals surface area (Å²) in [4.78, 5) is 15.0. The van der Waals surface area contributed by atoms with E-state index in [2.05, 4.69) is 46.4 Å². The zero-order chi connectivity index (χ0) is 22.7. The second-order valence-corrected chi connectivity index (χ2v) is 8.90. The Kier molecular flexibility index (Phi) is 6.33. The largest absolute Gasteiger partial charge is 0.481 e. The average molecular weight is 433 g/mol. The highest BCUT2D eigenvalue weighted by molar-refractivity contribution is 5.81. The first-order valence-corrected chi connectivity index (χ1v) is 11.1. The molecular weight excluding hydrogens is 400 g/mol. The molecular formula is C26H32N4O2. The third kappa shape index (κ3) is 4.41. The Bertz CT molecular complexity index is 1080. The van der Waals surface area contributed by atoms with Crippen molar-refractivity contribution >= 4 is 5.91 Å². The van der Waals surface area contributed by atoms with Crippen LogP contribution in [0, 0.1) is 12.3 Å². The normalized spacial score (nSPS) is 19.1. The van der Waals surface area contributed by atoms with Gasteiger partial charge in [0.2, 0.25) is 11.8 Å². The first-order valence-electron chi connectivity index (χ1n) is 11.1. The van der Waals surface area contributed by atoms with Crippen molar-refractivity contribution < 1.29 is 9.53 Å². The zero-order valence-electron chi connectivity index (χ0n) is 19.2. The summed E-state index contributed by atoms with van der Waals surface area (Å²) in [6.45, 7) is 4.27. The first-order chi connectivity index (χ1) is 15.4. The highest BCUT2D eigenvalue weighted by Crippen LogP contribution is 2.36. The molecule has 0 unspecified atom stereocenters. The summed E-state index contributed by atoms with van der Waals surface area (Å²) in [5.74, 6) is 0.554. The molecule has 168 valence electrons. The van der Waals surface area contributed by atoms with Gasteiger partial charge in [0.05, 0.1) is 23.8 Å². The summed E-state index contributed by atoms with van der Waals surface area (Å²) in [6.07, 6.45) is 2.39. The molecule has 1 aliphatic heterocycles. The third-order valence-corrected chi connectivity index (χ3v) is 6.65. The number of rotatable bonds is 7. The van der Waals surface area contributed by atoms with Gasteiger partial charge in [0.15, 0.2) is 0 Å². The van der Waals surface area contributed by atoms with Gasteiger partial charge in [-0.2, -0.15) is 5.10 Å². The lowest BCUT2D eigenvalue weighted by atomic mass is 9.74. The van der Waals surface area contributed by atoms with Gasteiger partial charge in [-0.1, -0.05) is 54.6 Å². The molecule has 2 heterocycles. The number of likely N-dealkylation sites (tertiary alicyclic amines) is 1. The van der Waals surface area contributed by atoms with Crippen LogP contribution in [0.4, 0.5) is 0 Å². The molecule has 0 aliphatic carbocycles. The number of ether oxygens (including phenoxy) is 1. The van der Waals surface area contributed by atoms with E-state index in [4.69, 9.17) is 10.5 Å². The van der Waals surface area contributed by atoms with E-state index < -0.39 is 5.41 Å². The second kappa shape index (κ2) is 9.17. The molecule has 2 N–H and O–H groups in total. The number of hydrogen-bond donors (Lipinski definition) is 1. The number of hydrogen-bond acceptors (Lipinski definition) is 4. The lowest BCUT2D eigenvalue weighted by Crippen LogP contribution is -2.51. The smallest absolute Gasteiger partial charge is 0.225 e. The third-order valence-electron chi connectivity index (χ3n) is 6.65. The van der Waals surface area contributed by atoms with Gasteiger partial charge >= 0.3 is 0 Å². The highest BCUT2D eigenvalue weighted by atomic mass is 16.5. The maximum Gasteiger partial charge on any atom is 0.225 e. The maximum absolute atomic E-state index is 12.7. The lowest BCUT2D eigenvalue weighted by molar-refractivity contribution is -0.131. The molecule has 1 atom stereocenters. The monoisotopic (exact) mass is 432 g/mol. The predicted octanol–water partition coefficient (Wildman–Crippen LogP) is 3.71. The number of nitrogens with two attached hydrogens (primary N) is 1. The topological polar surface area (TPSA) is 73.4 Å². The summed E-state index contributed by atoms with van der Waals surface area (Å²) >= 11 is 0. The van der Waals surface area contributed by atoms with Crippen LogP contribution < -0.4 is 10.5 Å².